The van der Waals surface area contributed by atoms with E-state index in [0.717, 1.165) is 11.3 Å². The number of rotatable bonds is 2. The maximum Gasteiger partial charge on any atom is 0.276 e. The first kappa shape index (κ1) is 15.0. The van der Waals surface area contributed by atoms with Crippen LogP contribution in [0.4, 0.5) is 5.69 Å². The number of H-pyrrole nitrogens is 1. The van der Waals surface area contributed by atoms with Crippen LogP contribution in [0.25, 0.3) is 0 Å². The minimum Gasteiger partial charge on any atom is -0.320 e. The molecule has 0 unspecified atom stereocenters. The fraction of sp³-hybridized carbons (Fsp3) is 0.312. The zero-order chi connectivity index (χ0) is 15.6. The number of benzene rings is 1. The van der Waals surface area contributed by atoms with Crippen molar-refractivity contribution in [1.82, 2.24) is 10.2 Å². The number of anilines is 1. The first-order valence-electron chi connectivity index (χ1n) is 6.75. The minimum atomic E-state index is -0.349. The van der Waals surface area contributed by atoms with Crippen molar-refractivity contribution >= 4 is 11.6 Å². The molecule has 0 aliphatic heterocycles. The molecule has 5 nitrogen and oxygen atoms in total. The Bertz CT molecular complexity index is 707. The molecule has 0 atom stereocenters. The van der Waals surface area contributed by atoms with Crippen LogP contribution in [0.1, 0.15) is 42.4 Å². The van der Waals surface area contributed by atoms with E-state index in [-0.39, 0.29) is 22.6 Å². The van der Waals surface area contributed by atoms with Crippen LogP contribution in [0.3, 0.4) is 0 Å². The van der Waals surface area contributed by atoms with E-state index in [1.165, 1.54) is 17.7 Å². The average molecular weight is 285 g/mol. The molecule has 0 saturated carbocycles. The van der Waals surface area contributed by atoms with E-state index in [4.69, 9.17) is 0 Å². The van der Waals surface area contributed by atoms with Crippen molar-refractivity contribution in [3.63, 3.8) is 0 Å². The van der Waals surface area contributed by atoms with Crippen LogP contribution in [0, 0.1) is 6.92 Å². The van der Waals surface area contributed by atoms with Crippen molar-refractivity contribution in [2.24, 2.45) is 0 Å². The Labute approximate surface area is 123 Å². The molecule has 0 aliphatic carbocycles. The lowest BCUT2D eigenvalue weighted by Crippen LogP contribution is -2.18. The summed E-state index contributed by atoms with van der Waals surface area (Å²) in [5, 5.41) is 8.76. The van der Waals surface area contributed by atoms with Crippen LogP contribution < -0.4 is 10.9 Å². The minimum absolute atomic E-state index is 0.0633. The van der Waals surface area contributed by atoms with Crippen molar-refractivity contribution in [2.45, 2.75) is 33.1 Å². The van der Waals surface area contributed by atoms with Crippen LogP contribution in [0.5, 0.6) is 0 Å². The van der Waals surface area contributed by atoms with Gasteiger partial charge >= 0.3 is 0 Å². The molecule has 1 heterocycles. The van der Waals surface area contributed by atoms with E-state index >= 15 is 0 Å². The number of nitrogens with one attached hydrogen (secondary N) is 2. The molecule has 1 aromatic carbocycles. The van der Waals surface area contributed by atoms with Crippen molar-refractivity contribution in [3.05, 3.63) is 57.5 Å². The molecule has 2 N–H and O–H groups in total. The van der Waals surface area contributed by atoms with Crippen molar-refractivity contribution in [1.29, 1.82) is 0 Å². The van der Waals surface area contributed by atoms with E-state index in [9.17, 15) is 9.59 Å². The number of hydrogen-bond donors (Lipinski definition) is 2. The Balaban J connectivity index is 2.22. The van der Waals surface area contributed by atoms with Gasteiger partial charge in [0.25, 0.3) is 11.5 Å². The van der Waals surface area contributed by atoms with Crippen LogP contribution in [0.2, 0.25) is 0 Å². The molecular weight excluding hydrogens is 266 g/mol. The van der Waals surface area contributed by atoms with Gasteiger partial charge in [0, 0.05) is 11.8 Å². The van der Waals surface area contributed by atoms with Crippen LogP contribution in [-0.4, -0.2) is 16.1 Å². The third kappa shape index (κ3) is 3.56. The highest BCUT2D eigenvalue weighted by Crippen LogP contribution is 2.26. The normalized spacial score (nSPS) is 11.2. The molecule has 0 bridgehead atoms. The Hall–Kier alpha value is -2.43. The number of hydrogen-bond acceptors (Lipinski definition) is 3. The van der Waals surface area contributed by atoms with Gasteiger partial charge in [0.15, 0.2) is 0 Å². The van der Waals surface area contributed by atoms with Gasteiger partial charge in [0.05, 0.1) is 0 Å². The molecule has 0 spiro atoms. The fourth-order valence-electron chi connectivity index (χ4n) is 1.93. The molecule has 5 heteroatoms. The van der Waals surface area contributed by atoms with Crippen molar-refractivity contribution in [3.8, 4) is 0 Å². The molecule has 2 rings (SSSR count). The number of aromatic amines is 1. The molecule has 1 aromatic heterocycles. The Morgan fingerprint density at radius 2 is 1.90 bits per heavy atom. The topological polar surface area (TPSA) is 74.8 Å². The molecule has 110 valence electrons. The van der Waals surface area contributed by atoms with Gasteiger partial charge in [-0.3, -0.25) is 9.59 Å². The smallest absolute Gasteiger partial charge is 0.276 e. The lowest BCUT2D eigenvalue weighted by atomic mass is 9.86. The predicted molar refractivity (Wildman–Crippen MR) is 82.7 cm³/mol. The van der Waals surface area contributed by atoms with Crippen LogP contribution >= 0.6 is 0 Å². The van der Waals surface area contributed by atoms with Gasteiger partial charge in [0.1, 0.15) is 5.69 Å². The summed E-state index contributed by atoms with van der Waals surface area (Å²) in [5.74, 6) is -0.349. The number of carbonyl (C=O) groups excluding carboxylic acids is 1. The monoisotopic (exact) mass is 285 g/mol. The maximum absolute atomic E-state index is 12.1. The predicted octanol–water partition coefficient (Wildman–Crippen LogP) is 2.63. The third-order valence-corrected chi connectivity index (χ3v) is 3.25. The summed E-state index contributed by atoms with van der Waals surface area (Å²) in [7, 11) is 0. The molecule has 0 aliphatic rings. The number of aryl methyl sites for hydroxylation is 1. The van der Waals surface area contributed by atoms with E-state index < -0.39 is 0 Å². The highest BCUT2D eigenvalue weighted by atomic mass is 16.2. The summed E-state index contributed by atoms with van der Waals surface area (Å²) in [6, 6.07) is 8.63. The third-order valence-electron chi connectivity index (χ3n) is 3.25. The lowest BCUT2D eigenvalue weighted by molar-refractivity contribution is 0.102. The molecule has 0 saturated heterocycles. The molecule has 21 heavy (non-hydrogen) atoms. The number of nitrogens with zero attached hydrogens (tertiary/aromatic N) is 1. The zero-order valence-corrected chi connectivity index (χ0v) is 12.7. The van der Waals surface area contributed by atoms with Crippen molar-refractivity contribution in [2.75, 3.05) is 5.32 Å². The summed E-state index contributed by atoms with van der Waals surface area (Å²) in [6.07, 6.45) is 0. The van der Waals surface area contributed by atoms with E-state index in [0.29, 0.717) is 0 Å². The second kappa shape index (κ2) is 5.52. The number of aromatic nitrogens is 2. The van der Waals surface area contributed by atoms with Gasteiger partial charge in [0.2, 0.25) is 0 Å². The summed E-state index contributed by atoms with van der Waals surface area (Å²) < 4.78 is 0. The Kier molecular flexibility index (Phi) is 3.93. The maximum atomic E-state index is 12.1. The first-order chi connectivity index (χ1) is 9.77. The molecule has 2 aromatic rings. The largest absolute Gasteiger partial charge is 0.320 e. The van der Waals surface area contributed by atoms with E-state index in [1.54, 1.807) is 0 Å². The summed E-state index contributed by atoms with van der Waals surface area (Å²) >= 11 is 0. The average Bonchev–Trinajstić information content (AvgIpc) is 2.40. The van der Waals surface area contributed by atoms with Crippen LogP contribution in [-0.2, 0) is 5.41 Å². The summed E-state index contributed by atoms with van der Waals surface area (Å²) in [6.45, 7) is 8.38. The number of carbonyl (C=O) groups is 1. The van der Waals surface area contributed by atoms with Gasteiger partial charge in [-0.05, 0) is 35.6 Å². The second-order valence-corrected chi connectivity index (χ2v) is 6.04. The van der Waals surface area contributed by atoms with E-state index in [2.05, 4.69) is 42.4 Å². The van der Waals surface area contributed by atoms with Gasteiger partial charge < -0.3 is 5.32 Å². The molecule has 0 fully saturated rings. The standard InChI is InChI=1S/C16H19N3O2/c1-10-9-11(16(2,3)4)5-6-12(10)17-15(21)13-7-8-14(20)19-18-13/h5-9H,1-4H3,(H,17,21)(H,19,20). The van der Waals surface area contributed by atoms with Gasteiger partial charge in [-0.15, -0.1) is 0 Å². The Morgan fingerprint density at radius 1 is 1.19 bits per heavy atom. The first-order valence-corrected chi connectivity index (χ1v) is 6.75. The molecule has 0 radical (unpaired) electrons. The molecule has 1 amide bonds. The molecular formula is C16H19N3O2. The summed E-state index contributed by atoms with van der Waals surface area (Å²) in [4.78, 5) is 23.0. The lowest BCUT2D eigenvalue weighted by Gasteiger charge is -2.20. The quantitative estimate of drug-likeness (QED) is 0.890. The van der Waals surface area contributed by atoms with Crippen molar-refractivity contribution < 1.29 is 4.79 Å². The van der Waals surface area contributed by atoms with Crippen LogP contribution in [0.15, 0.2) is 35.1 Å². The van der Waals surface area contributed by atoms with Gasteiger partial charge in [-0.2, -0.15) is 5.10 Å². The second-order valence-electron chi connectivity index (χ2n) is 6.04. The SMILES string of the molecule is Cc1cc(C(C)(C)C)ccc1NC(=O)c1ccc(=O)[nH]n1. The Morgan fingerprint density at radius 3 is 2.43 bits per heavy atom. The number of amides is 1. The van der Waals surface area contributed by atoms with E-state index in [1.807, 2.05) is 19.1 Å². The fourth-order valence-corrected chi connectivity index (χ4v) is 1.93. The highest BCUT2D eigenvalue weighted by molar-refractivity contribution is 6.03. The van der Waals surface area contributed by atoms with Gasteiger partial charge in [-0.1, -0.05) is 32.9 Å². The summed E-state index contributed by atoms with van der Waals surface area (Å²) in [5.41, 5.74) is 2.83. The van der Waals surface area contributed by atoms with Gasteiger partial charge in [-0.25, -0.2) is 5.10 Å². The highest BCUT2D eigenvalue weighted by Gasteiger charge is 2.15. The zero-order valence-electron chi connectivity index (χ0n) is 12.7.